The van der Waals surface area contributed by atoms with Crippen molar-refractivity contribution in [2.24, 2.45) is 5.14 Å². The summed E-state index contributed by atoms with van der Waals surface area (Å²) in [6.07, 6.45) is 0. The molecule has 0 aliphatic heterocycles. The van der Waals surface area contributed by atoms with Gasteiger partial charge in [-0.2, -0.15) is 0 Å². The van der Waals surface area contributed by atoms with E-state index in [1.54, 1.807) is 18.2 Å². The van der Waals surface area contributed by atoms with E-state index in [0.29, 0.717) is 16.3 Å². The van der Waals surface area contributed by atoms with Gasteiger partial charge in [0.05, 0.1) is 15.6 Å². The van der Waals surface area contributed by atoms with Gasteiger partial charge in [-0.15, -0.1) is 0 Å². The minimum atomic E-state index is -3.80. The standard InChI is InChI=1S/C13H12BrClN2O3S/c14-9-1-4-13(18)8(5-9)7-17-12-6-10(21(16,19)20)2-3-11(12)15/h1-6,17-18H,7H2,(H2,16,19,20). The molecule has 0 amide bonds. The molecule has 0 bridgehead atoms. The van der Waals surface area contributed by atoms with Crippen LogP contribution in [0, 0.1) is 0 Å². The number of nitrogens with two attached hydrogens (primary N) is 1. The average Bonchev–Trinajstić information content (AvgIpc) is 2.40. The van der Waals surface area contributed by atoms with Crippen LogP contribution in [0.5, 0.6) is 5.75 Å². The van der Waals surface area contributed by atoms with E-state index in [0.717, 1.165) is 4.47 Å². The number of primary sulfonamides is 1. The van der Waals surface area contributed by atoms with Crippen molar-refractivity contribution < 1.29 is 13.5 Å². The third-order valence-electron chi connectivity index (χ3n) is 2.78. The van der Waals surface area contributed by atoms with Crippen molar-refractivity contribution in [3.8, 4) is 5.75 Å². The number of nitrogens with one attached hydrogen (secondary N) is 1. The van der Waals surface area contributed by atoms with Crippen LogP contribution in [-0.2, 0) is 16.6 Å². The number of rotatable bonds is 4. The highest BCUT2D eigenvalue weighted by Gasteiger charge is 2.11. The zero-order chi connectivity index (χ0) is 15.6. The minimum Gasteiger partial charge on any atom is -0.508 e. The first-order valence-electron chi connectivity index (χ1n) is 5.81. The van der Waals surface area contributed by atoms with Gasteiger partial charge in [0, 0.05) is 16.6 Å². The Labute approximate surface area is 135 Å². The molecule has 0 spiro atoms. The monoisotopic (exact) mass is 390 g/mol. The summed E-state index contributed by atoms with van der Waals surface area (Å²) < 4.78 is 23.5. The van der Waals surface area contributed by atoms with E-state index in [1.165, 1.54) is 18.2 Å². The Morgan fingerprint density at radius 3 is 2.62 bits per heavy atom. The average molecular weight is 392 g/mol. The number of hydrogen-bond acceptors (Lipinski definition) is 4. The molecule has 8 heteroatoms. The van der Waals surface area contributed by atoms with Crippen molar-refractivity contribution >= 4 is 43.2 Å². The van der Waals surface area contributed by atoms with Crippen LogP contribution in [-0.4, -0.2) is 13.5 Å². The lowest BCUT2D eigenvalue weighted by molar-refractivity contribution is 0.469. The van der Waals surface area contributed by atoms with E-state index in [1.807, 2.05) is 0 Å². The van der Waals surface area contributed by atoms with Gasteiger partial charge in [-0.25, -0.2) is 13.6 Å². The maximum absolute atomic E-state index is 11.3. The molecule has 112 valence electrons. The second kappa shape index (κ2) is 6.23. The van der Waals surface area contributed by atoms with Gasteiger partial charge < -0.3 is 10.4 Å². The Balaban J connectivity index is 2.26. The normalized spacial score (nSPS) is 11.4. The molecule has 0 aliphatic carbocycles. The summed E-state index contributed by atoms with van der Waals surface area (Å²) >= 11 is 9.33. The van der Waals surface area contributed by atoms with Crippen LogP contribution in [0.2, 0.25) is 5.02 Å². The number of benzene rings is 2. The maximum atomic E-state index is 11.3. The Hall–Kier alpha value is -1.28. The highest BCUT2D eigenvalue weighted by Crippen LogP contribution is 2.27. The van der Waals surface area contributed by atoms with Crippen molar-refractivity contribution in [3.05, 3.63) is 51.5 Å². The Morgan fingerprint density at radius 1 is 1.24 bits per heavy atom. The first-order chi connectivity index (χ1) is 9.77. The molecule has 2 aromatic rings. The van der Waals surface area contributed by atoms with Gasteiger partial charge in [0.15, 0.2) is 0 Å². The van der Waals surface area contributed by atoms with Crippen molar-refractivity contribution in [3.63, 3.8) is 0 Å². The lowest BCUT2D eigenvalue weighted by Gasteiger charge is -2.11. The summed E-state index contributed by atoms with van der Waals surface area (Å²) in [5.74, 6) is 0.129. The molecule has 21 heavy (non-hydrogen) atoms. The van der Waals surface area contributed by atoms with E-state index in [4.69, 9.17) is 16.7 Å². The smallest absolute Gasteiger partial charge is 0.238 e. The lowest BCUT2D eigenvalue weighted by Crippen LogP contribution is -2.12. The maximum Gasteiger partial charge on any atom is 0.238 e. The molecule has 4 N–H and O–H groups in total. The fraction of sp³-hybridized carbons (Fsp3) is 0.0769. The summed E-state index contributed by atoms with van der Waals surface area (Å²) in [5.41, 5.74) is 1.06. The topological polar surface area (TPSA) is 92.4 Å². The van der Waals surface area contributed by atoms with Crippen LogP contribution >= 0.6 is 27.5 Å². The quantitative estimate of drug-likeness (QED) is 0.747. The Morgan fingerprint density at radius 2 is 1.95 bits per heavy atom. The predicted octanol–water partition coefficient (Wildman–Crippen LogP) is 3.07. The molecular weight excluding hydrogens is 380 g/mol. The van der Waals surface area contributed by atoms with Gasteiger partial charge in [-0.1, -0.05) is 27.5 Å². The number of aromatic hydroxyl groups is 1. The van der Waals surface area contributed by atoms with Crippen LogP contribution in [0.25, 0.3) is 0 Å². The van der Waals surface area contributed by atoms with Crippen LogP contribution < -0.4 is 10.5 Å². The molecule has 0 atom stereocenters. The predicted molar refractivity (Wildman–Crippen MR) is 86.0 cm³/mol. The lowest BCUT2D eigenvalue weighted by atomic mass is 10.2. The van der Waals surface area contributed by atoms with Crippen LogP contribution in [0.1, 0.15) is 5.56 Å². The number of halogens is 2. The summed E-state index contributed by atoms with van der Waals surface area (Å²) in [6, 6.07) is 9.16. The molecule has 5 nitrogen and oxygen atoms in total. The van der Waals surface area contributed by atoms with Crippen molar-refractivity contribution in [1.29, 1.82) is 0 Å². The zero-order valence-electron chi connectivity index (χ0n) is 10.7. The molecule has 0 aromatic heterocycles. The molecule has 0 heterocycles. The van der Waals surface area contributed by atoms with Crippen molar-refractivity contribution in [2.45, 2.75) is 11.4 Å². The van der Waals surface area contributed by atoms with E-state index in [2.05, 4.69) is 21.2 Å². The number of phenolic OH excluding ortho intramolecular Hbond substituents is 1. The van der Waals surface area contributed by atoms with E-state index in [-0.39, 0.29) is 17.2 Å². The zero-order valence-corrected chi connectivity index (χ0v) is 13.8. The van der Waals surface area contributed by atoms with E-state index in [9.17, 15) is 13.5 Å². The second-order valence-electron chi connectivity index (χ2n) is 4.31. The largest absolute Gasteiger partial charge is 0.508 e. The summed E-state index contributed by atoms with van der Waals surface area (Å²) in [6.45, 7) is 0.277. The van der Waals surface area contributed by atoms with E-state index >= 15 is 0 Å². The number of anilines is 1. The van der Waals surface area contributed by atoms with Crippen LogP contribution in [0.15, 0.2) is 45.8 Å². The Kier molecular flexibility index (Phi) is 4.77. The number of phenols is 1. The summed E-state index contributed by atoms with van der Waals surface area (Å²) in [4.78, 5) is -0.0344. The highest BCUT2D eigenvalue weighted by molar-refractivity contribution is 9.10. The van der Waals surface area contributed by atoms with Crippen molar-refractivity contribution in [2.75, 3.05) is 5.32 Å². The third kappa shape index (κ3) is 4.10. The highest BCUT2D eigenvalue weighted by atomic mass is 79.9. The molecule has 0 saturated carbocycles. The second-order valence-corrected chi connectivity index (χ2v) is 7.20. The number of hydrogen-bond donors (Lipinski definition) is 3. The summed E-state index contributed by atoms with van der Waals surface area (Å²) in [7, 11) is -3.80. The molecule has 0 fully saturated rings. The fourth-order valence-electron chi connectivity index (χ4n) is 1.70. The van der Waals surface area contributed by atoms with E-state index < -0.39 is 10.0 Å². The minimum absolute atomic E-state index is 0.0344. The molecule has 2 aromatic carbocycles. The SMILES string of the molecule is NS(=O)(=O)c1ccc(Cl)c(NCc2cc(Br)ccc2O)c1. The number of sulfonamides is 1. The molecule has 0 radical (unpaired) electrons. The first-order valence-corrected chi connectivity index (χ1v) is 8.53. The Bertz CT molecular complexity index is 781. The van der Waals surface area contributed by atoms with Gasteiger partial charge in [0.25, 0.3) is 0 Å². The van der Waals surface area contributed by atoms with Gasteiger partial charge in [-0.05, 0) is 36.4 Å². The third-order valence-corrected chi connectivity index (χ3v) is 4.51. The van der Waals surface area contributed by atoms with Gasteiger partial charge in [-0.3, -0.25) is 0 Å². The molecule has 0 aliphatic rings. The van der Waals surface area contributed by atoms with Gasteiger partial charge in [0.1, 0.15) is 5.75 Å². The molecule has 2 rings (SSSR count). The van der Waals surface area contributed by atoms with Crippen LogP contribution in [0.4, 0.5) is 5.69 Å². The molecule has 0 unspecified atom stereocenters. The van der Waals surface area contributed by atoms with Gasteiger partial charge in [0.2, 0.25) is 10.0 Å². The molecular formula is C13H12BrClN2O3S. The molecule has 0 saturated heterocycles. The van der Waals surface area contributed by atoms with Gasteiger partial charge >= 0.3 is 0 Å². The summed E-state index contributed by atoms with van der Waals surface area (Å²) in [5, 5.41) is 18.2. The fourth-order valence-corrected chi connectivity index (χ4v) is 2.84. The van der Waals surface area contributed by atoms with Crippen molar-refractivity contribution in [1.82, 2.24) is 0 Å². The van der Waals surface area contributed by atoms with Crippen LogP contribution in [0.3, 0.4) is 0 Å². The first kappa shape index (κ1) is 16.1.